The fraction of sp³-hybridized carbons (Fsp3) is 0.415. The van der Waals surface area contributed by atoms with Crippen LogP contribution in [-0.2, 0) is 43.5 Å². The minimum absolute atomic E-state index is 0. The van der Waals surface area contributed by atoms with E-state index < -0.39 is 0 Å². The van der Waals surface area contributed by atoms with Gasteiger partial charge in [0.05, 0.1) is 0 Å². The molecule has 3 heteroatoms. The minimum atomic E-state index is 0. The first-order valence-electron chi connectivity index (χ1n) is 15.8. The first-order chi connectivity index (χ1) is 19.3. The van der Waals surface area contributed by atoms with Gasteiger partial charge in [0.1, 0.15) is 0 Å². The second-order valence-electron chi connectivity index (χ2n) is 14.5. The maximum atomic E-state index is 4.04. The van der Waals surface area contributed by atoms with Crippen molar-refractivity contribution in [1.29, 1.82) is 0 Å². The maximum absolute atomic E-state index is 4.04. The van der Waals surface area contributed by atoms with Gasteiger partial charge < -0.3 is 24.8 Å². The Labute approximate surface area is 299 Å². The van der Waals surface area contributed by atoms with Gasteiger partial charge in [0.15, 0.2) is 0 Å². The summed E-state index contributed by atoms with van der Waals surface area (Å²) in [6.45, 7) is 23.4. The summed E-state index contributed by atoms with van der Waals surface area (Å²) < 4.78 is 0. The summed E-state index contributed by atoms with van der Waals surface area (Å²) in [4.78, 5) is 0. The maximum Gasteiger partial charge on any atom is 3.00 e. The monoisotopic (exact) mass is 701 g/mol. The van der Waals surface area contributed by atoms with Crippen LogP contribution in [0.2, 0.25) is 0 Å². The second kappa shape index (κ2) is 14.8. The Hall–Kier alpha value is -1.66. The number of rotatable bonds is 6. The Morgan fingerprint density at radius 1 is 0.614 bits per heavy atom. The van der Waals surface area contributed by atoms with Gasteiger partial charge in [-0.05, 0) is 63.3 Å². The summed E-state index contributed by atoms with van der Waals surface area (Å²) in [5.74, 6) is 1.04. The molecule has 1 aliphatic rings. The van der Waals surface area contributed by atoms with Crippen LogP contribution >= 0.6 is 0 Å². The van der Waals surface area contributed by atoms with E-state index >= 15 is 0 Å². The third kappa shape index (κ3) is 7.32. The van der Waals surface area contributed by atoms with Crippen LogP contribution in [0.3, 0.4) is 0 Å². The molecule has 0 saturated heterocycles. The molecular formula is C41H49Cl2Zr. The van der Waals surface area contributed by atoms with Crippen LogP contribution in [0.15, 0.2) is 66.7 Å². The van der Waals surface area contributed by atoms with Crippen molar-refractivity contribution in [2.75, 3.05) is 0 Å². The predicted octanol–water partition coefficient (Wildman–Crippen LogP) is 6.02. The van der Waals surface area contributed by atoms with E-state index in [9.17, 15) is 0 Å². The van der Waals surface area contributed by atoms with Crippen LogP contribution in [0, 0.1) is 6.07 Å². The molecule has 0 spiro atoms. The molecule has 0 bridgehead atoms. The van der Waals surface area contributed by atoms with Crippen LogP contribution in [0.4, 0.5) is 0 Å². The van der Waals surface area contributed by atoms with Crippen molar-refractivity contribution in [2.24, 2.45) is 0 Å². The van der Waals surface area contributed by atoms with E-state index in [0.29, 0.717) is 11.8 Å². The van der Waals surface area contributed by atoms with Gasteiger partial charge in [-0.3, -0.25) is 0 Å². The van der Waals surface area contributed by atoms with Gasteiger partial charge >= 0.3 is 26.2 Å². The topological polar surface area (TPSA) is 0 Å². The van der Waals surface area contributed by atoms with Crippen molar-refractivity contribution in [3.8, 4) is 33.4 Å². The Kier molecular flexibility index (Phi) is 13.0. The first-order valence-corrected chi connectivity index (χ1v) is 15.8. The van der Waals surface area contributed by atoms with Gasteiger partial charge in [0.25, 0.3) is 0 Å². The van der Waals surface area contributed by atoms with Crippen molar-refractivity contribution in [3.63, 3.8) is 0 Å². The summed E-state index contributed by atoms with van der Waals surface area (Å²) in [6.07, 6.45) is 3.22. The molecule has 0 saturated carbocycles. The summed E-state index contributed by atoms with van der Waals surface area (Å²) in [7, 11) is 0. The zero-order chi connectivity index (χ0) is 29.7. The van der Waals surface area contributed by atoms with Gasteiger partial charge in [-0.15, -0.1) is 28.8 Å². The van der Waals surface area contributed by atoms with Crippen molar-refractivity contribution < 1.29 is 51.0 Å². The van der Waals surface area contributed by atoms with E-state index in [1.54, 1.807) is 0 Å². The number of hydrogen-bond donors (Lipinski definition) is 0. The first kappa shape index (κ1) is 38.5. The molecule has 0 fully saturated rings. The molecule has 231 valence electrons. The largest absolute Gasteiger partial charge is 3.00 e. The summed E-state index contributed by atoms with van der Waals surface area (Å²) in [5, 5.41) is 0. The van der Waals surface area contributed by atoms with Crippen molar-refractivity contribution in [3.05, 3.63) is 106 Å². The molecule has 4 aromatic carbocycles. The molecule has 0 N–H and O–H groups in total. The van der Waals surface area contributed by atoms with E-state index in [1.807, 2.05) is 0 Å². The SMILES string of the molecule is CCC(C)c1ccccc1-c1[c-]c2c(cc1C(C)(C)C)-c1cc(C(C)(C)C)c(-c3ccccc3C(C)CC)cc1C2.[Cl-].[Cl-].[Zr+3]. The van der Waals surface area contributed by atoms with E-state index in [4.69, 9.17) is 0 Å². The zero-order valence-electron chi connectivity index (χ0n) is 28.4. The van der Waals surface area contributed by atoms with E-state index in [1.165, 1.54) is 66.8 Å². The molecular weight excluding hydrogens is 655 g/mol. The number of benzene rings is 4. The number of halogens is 2. The molecule has 0 aromatic heterocycles. The molecule has 4 aromatic rings. The standard InChI is InChI=1S/C41H49.2ClH.Zr/c1-11-26(3)30-17-13-15-19-32(30)36-22-28-21-29-23-37(33-20-16-14-18-31(33)27(4)12-2)39(41(8,9)10)25-35(29)34(28)24-38(36)40(5,6)7;;;/h13-20,22,24-27H,11-12,21H2,1-10H3;2*1H;/q-1;;;+3/p-2. The van der Waals surface area contributed by atoms with E-state index in [-0.39, 0.29) is 61.8 Å². The molecule has 0 nitrogen and oxygen atoms in total. The van der Waals surface area contributed by atoms with Crippen LogP contribution < -0.4 is 24.8 Å². The molecule has 1 aliphatic carbocycles. The number of hydrogen-bond acceptors (Lipinski definition) is 0. The van der Waals surface area contributed by atoms with Crippen LogP contribution in [0.25, 0.3) is 33.4 Å². The molecule has 0 heterocycles. The van der Waals surface area contributed by atoms with E-state index in [0.717, 1.165) is 19.3 Å². The Morgan fingerprint density at radius 2 is 1.09 bits per heavy atom. The van der Waals surface area contributed by atoms with Crippen molar-refractivity contribution in [2.45, 2.75) is 111 Å². The third-order valence-corrected chi connectivity index (χ3v) is 9.44. The Morgan fingerprint density at radius 3 is 1.61 bits per heavy atom. The molecule has 0 amide bonds. The molecule has 44 heavy (non-hydrogen) atoms. The summed E-state index contributed by atoms with van der Waals surface area (Å²) >= 11 is 0. The van der Waals surface area contributed by atoms with Crippen molar-refractivity contribution in [1.82, 2.24) is 0 Å². The van der Waals surface area contributed by atoms with Gasteiger partial charge in [0, 0.05) is 0 Å². The Bertz CT molecular complexity index is 1470. The molecule has 2 unspecified atom stereocenters. The van der Waals surface area contributed by atoms with Crippen LogP contribution in [-0.4, -0.2) is 0 Å². The van der Waals surface area contributed by atoms with Crippen LogP contribution in [0.5, 0.6) is 0 Å². The molecule has 2 atom stereocenters. The second-order valence-corrected chi connectivity index (χ2v) is 14.5. The Balaban J connectivity index is 0.00000225. The quantitative estimate of drug-likeness (QED) is 0.190. The van der Waals surface area contributed by atoms with Crippen molar-refractivity contribution >= 4 is 0 Å². The van der Waals surface area contributed by atoms with Gasteiger partial charge in [-0.25, -0.2) is 0 Å². The predicted molar refractivity (Wildman–Crippen MR) is 179 cm³/mol. The molecule has 0 aliphatic heterocycles. The average Bonchev–Trinajstić information content (AvgIpc) is 3.30. The fourth-order valence-corrected chi connectivity index (χ4v) is 6.61. The normalized spacial score (nSPS) is 13.5. The smallest absolute Gasteiger partial charge is 1.00 e. The average molecular weight is 704 g/mol. The van der Waals surface area contributed by atoms with Gasteiger partial charge in [-0.1, -0.05) is 159 Å². The summed E-state index contributed by atoms with van der Waals surface area (Å²) in [6, 6.07) is 29.7. The minimum Gasteiger partial charge on any atom is -1.00 e. The summed E-state index contributed by atoms with van der Waals surface area (Å²) in [5.41, 5.74) is 16.8. The van der Waals surface area contributed by atoms with E-state index in [2.05, 4.69) is 142 Å². The molecule has 5 rings (SSSR count). The van der Waals surface area contributed by atoms with Gasteiger partial charge in [-0.2, -0.15) is 0 Å². The zero-order valence-corrected chi connectivity index (χ0v) is 32.4. The van der Waals surface area contributed by atoms with Crippen LogP contribution in [0.1, 0.15) is 127 Å². The fourth-order valence-electron chi connectivity index (χ4n) is 6.61. The van der Waals surface area contributed by atoms with Gasteiger partial charge in [0.2, 0.25) is 0 Å². The molecule has 1 radical (unpaired) electrons. The third-order valence-electron chi connectivity index (χ3n) is 9.44. The number of fused-ring (bicyclic) bond motifs is 3.